The number of anilines is 1. The number of benzene rings is 2. The molecule has 31 heavy (non-hydrogen) atoms. The molecule has 0 spiro atoms. The maximum atomic E-state index is 12.5. The zero-order chi connectivity index (χ0) is 21.2. The second-order valence-corrected chi connectivity index (χ2v) is 8.27. The van der Waals surface area contributed by atoms with Crippen LogP contribution in [0, 0.1) is 0 Å². The van der Waals surface area contributed by atoms with Crippen LogP contribution in [-0.4, -0.2) is 47.7 Å². The quantitative estimate of drug-likeness (QED) is 0.693. The highest BCUT2D eigenvalue weighted by molar-refractivity contribution is 5.97. The molecule has 2 aliphatic rings. The van der Waals surface area contributed by atoms with E-state index in [0.717, 1.165) is 72.2 Å². The van der Waals surface area contributed by atoms with E-state index < -0.39 is 0 Å². The normalized spacial score (nSPS) is 19.6. The van der Waals surface area contributed by atoms with Crippen LogP contribution in [0.3, 0.4) is 0 Å². The van der Waals surface area contributed by atoms with E-state index in [-0.39, 0.29) is 18.1 Å². The zero-order valence-electron chi connectivity index (χ0n) is 17.5. The third kappa shape index (κ3) is 4.08. The number of likely N-dealkylation sites (tertiary alicyclic amines) is 1. The van der Waals surface area contributed by atoms with Crippen molar-refractivity contribution < 1.29 is 14.3 Å². The minimum absolute atomic E-state index is 0.117. The third-order valence-electron chi connectivity index (χ3n) is 6.24. The van der Waals surface area contributed by atoms with E-state index in [1.54, 1.807) is 0 Å². The molecule has 0 saturated carbocycles. The Morgan fingerprint density at radius 3 is 2.58 bits per heavy atom. The number of carbonyl (C=O) groups is 1. The van der Waals surface area contributed by atoms with Crippen molar-refractivity contribution >= 4 is 22.5 Å². The van der Waals surface area contributed by atoms with Crippen LogP contribution < -0.4 is 10.5 Å². The number of nitrogen functional groups attached to an aromatic ring is 1. The first-order valence-corrected chi connectivity index (χ1v) is 11.0. The van der Waals surface area contributed by atoms with Gasteiger partial charge in [-0.05, 0) is 36.6 Å². The number of nitrogens with two attached hydrogens (primary N) is 1. The van der Waals surface area contributed by atoms with Gasteiger partial charge in [0.05, 0.1) is 11.2 Å². The zero-order valence-corrected chi connectivity index (χ0v) is 17.5. The smallest absolute Gasteiger partial charge is 0.251 e. The molecule has 2 aliphatic heterocycles. The fourth-order valence-corrected chi connectivity index (χ4v) is 4.47. The van der Waals surface area contributed by atoms with Crippen molar-refractivity contribution in [3.63, 3.8) is 0 Å². The van der Waals surface area contributed by atoms with Crippen molar-refractivity contribution in [1.82, 2.24) is 9.88 Å². The van der Waals surface area contributed by atoms with Gasteiger partial charge < -0.3 is 20.1 Å². The molecule has 160 valence electrons. The molecular weight excluding hydrogens is 390 g/mol. The van der Waals surface area contributed by atoms with Crippen LogP contribution in [0.5, 0.6) is 5.75 Å². The number of amides is 1. The Morgan fingerprint density at radius 2 is 1.84 bits per heavy atom. The molecule has 1 atom stereocenters. The SMILES string of the molecule is Nc1c(-c2ccc(OC3CCN(C(=O)C4CCCO4)CC3)cc2)cnc2ccccc12. The van der Waals surface area contributed by atoms with Gasteiger partial charge in [-0.15, -0.1) is 0 Å². The maximum absolute atomic E-state index is 12.5. The monoisotopic (exact) mass is 417 g/mol. The van der Waals surface area contributed by atoms with Gasteiger partial charge in [0.2, 0.25) is 0 Å². The van der Waals surface area contributed by atoms with E-state index in [1.807, 2.05) is 59.6 Å². The van der Waals surface area contributed by atoms with Gasteiger partial charge in [0.15, 0.2) is 0 Å². The first-order valence-electron chi connectivity index (χ1n) is 11.0. The van der Waals surface area contributed by atoms with Crippen LogP contribution in [0.2, 0.25) is 0 Å². The number of rotatable bonds is 4. The van der Waals surface area contributed by atoms with Crippen LogP contribution in [0.4, 0.5) is 5.69 Å². The molecule has 2 N–H and O–H groups in total. The lowest BCUT2D eigenvalue weighted by Crippen LogP contribution is -2.45. The number of nitrogens with zero attached hydrogens (tertiary/aromatic N) is 2. The molecule has 0 aliphatic carbocycles. The Morgan fingerprint density at radius 1 is 1.06 bits per heavy atom. The lowest BCUT2D eigenvalue weighted by molar-refractivity contribution is -0.142. The highest BCUT2D eigenvalue weighted by Crippen LogP contribution is 2.32. The molecule has 2 fully saturated rings. The van der Waals surface area contributed by atoms with Gasteiger partial charge in [-0.3, -0.25) is 9.78 Å². The van der Waals surface area contributed by atoms with Gasteiger partial charge in [0.1, 0.15) is 18.0 Å². The largest absolute Gasteiger partial charge is 0.490 e. The number of fused-ring (bicyclic) bond motifs is 1. The van der Waals surface area contributed by atoms with E-state index >= 15 is 0 Å². The maximum Gasteiger partial charge on any atom is 0.251 e. The summed E-state index contributed by atoms with van der Waals surface area (Å²) in [5.74, 6) is 0.974. The van der Waals surface area contributed by atoms with Crippen molar-refractivity contribution in [3.8, 4) is 16.9 Å². The van der Waals surface area contributed by atoms with Crippen molar-refractivity contribution in [2.75, 3.05) is 25.4 Å². The molecule has 3 aromatic rings. The first kappa shape index (κ1) is 19.8. The summed E-state index contributed by atoms with van der Waals surface area (Å²) in [6.45, 7) is 2.15. The lowest BCUT2D eigenvalue weighted by Gasteiger charge is -2.33. The standard InChI is InChI=1S/C25H27N3O3/c26-24-20-4-1-2-5-22(20)27-16-21(24)17-7-9-18(10-8-17)31-19-11-13-28(14-12-19)25(29)23-6-3-15-30-23/h1-2,4-5,7-10,16,19,23H,3,6,11-15H2,(H2,26,27). The summed E-state index contributed by atoms with van der Waals surface area (Å²) in [7, 11) is 0. The van der Waals surface area contributed by atoms with Gasteiger partial charge in [-0.1, -0.05) is 30.3 Å². The molecule has 5 rings (SSSR count). The number of ether oxygens (including phenoxy) is 2. The van der Waals surface area contributed by atoms with Gasteiger partial charge >= 0.3 is 0 Å². The predicted octanol–water partition coefficient (Wildman–Crippen LogP) is 4.03. The molecule has 0 radical (unpaired) electrons. The fraction of sp³-hybridized carbons (Fsp3) is 0.360. The van der Waals surface area contributed by atoms with Crippen molar-refractivity contribution in [1.29, 1.82) is 0 Å². The average molecular weight is 418 g/mol. The third-order valence-corrected chi connectivity index (χ3v) is 6.24. The average Bonchev–Trinajstić information content (AvgIpc) is 3.35. The van der Waals surface area contributed by atoms with Gasteiger partial charge in [0, 0.05) is 49.7 Å². The molecule has 6 heteroatoms. The first-order chi connectivity index (χ1) is 15.2. The summed E-state index contributed by atoms with van der Waals surface area (Å²) in [5.41, 5.74) is 9.98. The molecule has 1 amide bonds. The number of hydrogen-bond acceptors (Lipinski definition) is 5. The Hall–Kier alpha value is -3.12. The summed E-state index contributed by atoms with van der Waals surface area (Å²) in [6.07, 6.45) is 5.21. The molecule has 0 bridgehead atoms. The molecule has 6 nitrogen and oxygen atoms in total. The van der Waals surface area contributed by atoms with Gasteiger partial charge in [-0.25, -0.2) is 0 Å². The summed E-state index contributed by atoms with van der Waals surface area (Å²) in [6, 6.07) is 15.9. The Bertz CT molecular complexity index is 1070. The van der Waals surface area contributed by atoms with Crippen LogP contribution in [0.1, 0.15) is 25.7 Å². The summed E-state index contributed by atoms with van der Waals surface area (Å²) < 4.78 is 11.7. The topological polar surface area (TPSA) is 77.7 Å². The van der Waals surface area contributed by atoms with Gasteiger partial charge in [0.25, 0.3) is 5.91 Å². The highest BCUT2D eigenvalue weighted by atomic mass is 16.5. The number of pyridine rings is 1. The van der Waals surface area contributed by atoms with Crippen molar-refractivity contribution in [2.24, 2.45) is 0 Å². The Labute approximate surface area is 182 Å². The highest BCUT2D eigenvalue weighted by Gasteiger charge is 2.31. The second kappa shape index (κ2) is 8.55. The van der Waals surface area contributed by atoms with Crippen molar-refractivity contribution in [2.45, 2.75) is 37.9 Å². The predicted molar refractivity (Wildman–Crippen MR) is 121 cm³/mol. The summed E-state index contributed by atoms with van der Waals surface area (Å²) >= 11 is 0. The minimum Gasteiger partial charge on any atom is -0.490 e. The van der Waals surface area contributed by atoms with E-state index in [9.17, 15) is 4.79 Å². The molecule has 2 aromatic carbocycles. The Kier molecular flexibility index (Phi) is 5.47. The van der Waals surface area contributed by atoms with E-state index in [2.05, 4.69) is 4.98 Å². The molecule has 1 unspecified atom stereocenters. The van der Waals surface area contributed by atoms with E-state index in [1.165, 1.54) is 0 Å². The molecule has 1 aromatic heterocycles. The number of hydrogen-bond donors (Lipinski definition) is 1. The molecule has 3 heterocycles. The number of piperidine rings is 1. The van der Waals surface area contributed by atoms with Crippen LogP contribution in [-0.2, 0) is 9.53 Å². The summed E-state index contributed by atoms with van der Waals surface area (Å²) in [4.78, 5) is 18.9. The van der Waals surface area contributed by atoms with Crippen LogP contribution in [0.15, 0.2) is 54.7 Å². The number of para-hydroxylation sites is 1. The molecular formula is C25H27N3O3. The van der Waals surface area contributed by atoms with Crippen LogP contribution in [0.25, 0.3) is 22.0 Å². The van der Waals surface area contributed by atoms with Crippen LogP contribution >= 0.6 is 0 Å². The Balaban J connectivity index is 1.21. The minimum atomic E-state index is -0.234. The second-order valence-electron chi connectivity index (χ2n) is 8.27. The van der Waals surface area contributed by atoms with Gasteiger partial charge in [-0.2, -0.15) is 0 Å². The lowest BCUT2D eigenvalue weighted by atomic mass is 10.0. The number of carbonyl (C=O) groups excluding carboxylic acids is 1. The summed E-state index contributed by atoms with van der Waals surface area (Å²) in [5, 5.41) is 0.963. The van der Waals surface area contributed by atoms with Crippen molar-refractivity contribution in [3.05, 3.63) is 54.7 Å². The van der Waals surface area contributed by atoms with E-state index in [0.29, 0.717) is 6.61 Å². The molecule has 2 saturated heterocycles. The fourth-order valence-electron chi connectivity index (χ4n) is 4.47. The number of aromatic nitrogens is 1. The van der Waals surface area contributed by atoms with E-state index in [4.69, 9.17) is 15.2 Å².